The van der Waals surface area contributed by atoms with Gasteiger partial charge in [0.2, 0.25) is 0 Å². The molecule has 92 valence electrons. The summed E-state index contributed by atoms with van der Waals surface area (Å²) >= 11 is 1.90. The summed E-state index contributed by atoms with van der Waals surface area (Å²) in [6.45, 7) is 12.6. The van der Waals surface area contributed by atoms with Crippen molar-refractivity contribution in [2.75, 3.05) is 0 Å². The molecule has 0 N–H and O–H groups in total. The Morgan fingerprint density at radius 3 is 2.65 bits per heavy atom. The lowest BCUT2D eigenvalue weighted by Crippen LogP contribution is -1.97. The highest BCUT2D eigenvalue weighted by Crippen LogP contribution is 2.33. The lowest BCUT2D eigenvalue weighted by Gasteiger charge is -2.14. The van der Waals surface area contributed by atoms with Gasteiger partial charge in [0, 0.05) is 16.1 Å². The molecule has 0 fully saturated rings. The molecular formula is C16H22S. The molecule has 0 aromatic heterocycles. The van der Waals surface area contributed by atoms with Crippen molar-refractivity contribution >= 4 is 11.8 Å². The Morgan fingerprint density at radius 1 is 1.35 bits per heavy atom. The van der Waals surface area contributed by atoms with Gasteiger partial charge in [-0.1, -0.05) is 55.5 Å². The van der Waals surface area contributed by atoms with Crippen molar-refractivity contribution in [3.05, 3.63) is 59.1 Å². The Balaban J connectivity index is 3.22. The molecule has 2 unspecified atom stereocenters. The van der Waals surface area contributed by atoms with E-state index in [1.807, 2.05) is 17.8 Å². The fraction of sp³-hybridized carbons (Fsp3) is 0.375. The normalized spacial score (nSPS) is 35.6. The maximum Gasteiger partial charge on any atom is 0.0251 e. The van der Waals surface area contributed by atoms with Crippen molar-refractivity contribution in [1.82, 2.24) is 0 Å². The molecule has 1 heteroatoms. The summed E-state index contributed by atoms with van der Waals surface area (Å²) in [6.07, 6.45) is 13.1. The predicted molar refractivity (Wildman–Crippen MR) is 81.2 cm³/mol. The van der Waals surface area contributed by atoms with Crippen LogP contribution in [0, 0.1) is 5.92 Å². The van der Waals surface area contributed by atoms with E-state index >= 15 is 0 Å². The molecule has 0 amide bonds. The average Bonchev–Trinajstić information content (AvgIpc) is 2.30. The SMILES string of the molecule is C=C/C1=C(\C=C\C)SC(C)/C=C(C)\C=C/C1C. The van der Waals surface area contributed by atoms with Crippen LogP contribution < -0.4 is 0 Å². The number of hydrogen-bond donors (Lipinski definition) is 0. The first-order chi connectivity index (χ1) is 8.08. The first kappa shape index (κ1) is 14.1. The topological polar surface area (TPSA) is 0 Å². The molecule has 1 rings (SSSR count). The van der Waals surface area contributed by atoms with Gasteiger partial charge in [-0.25, -0.2) is 0 Å². The Kier molecular flexibility index (Phi) is 5.57. The van der Waals surface area contributed by atoms with Crippen LogP contribution in [-0.2, 0) is 0 Å². The van der Waals surface area contributed by atoms with Crippen molar-refractivity contribution in [1.29, 1.82) is 0 Å². The number of thioether (sulfide) groups is 1. The third-order valence-electron chi connectivity index (χ3n) is 2.77. The fourth-order valence-electron chi connectivity index (χ4n) is 1.93. The van der Waals surface area contributed by atoms with E-state index in [-0.39, 0.29) is 0 Å². The summed E-state index contributed by atoms with van der Waals surface area (Å²) in [5.74, 6) is 0.417. The zero-order valence-corrected chi connectivity index (χ0v) is 12.1. The Morgan fingerprint density at radius 2 is 2.06 bits per heavy atom. The van der Waals surface area contributed by atoms with E-state index in [0.717, 1.165) is 0 Å². The van der Waals surface area contributed by atoms with Crippen LogP contribution in [0.2, 0.25) is 0 Å². The molecule has 0 aliphatic carbocycles. The van der Waals surface area contributed by atoms with E-state index in [1.165, 1.54) is 16.1 Å². The number of rotatable bonds is 2. The van der Waals surface area contributed by atoms with Gasteiger partial charge in [0.05, 0.1) is 0 Å². The summed E-state index contributed by atoms with van der Waals surface area (Å²) in [5, 5.41) is 0.492. The van der Waals surface area contributed by atoms with Crippen LogP contribution >= 0.6 is 11.8 Å². The van der Waals surface area contributed by atoms with Gasteiger partial charge in [-0.05, 0) is 26.3 Å². The van der Waals surface area contributed by atoms with Crippen LogP contribution in [0.1, 0.15) is 27.7 Å². The van der Waals surface area contributed by atoms with Gasteiger partial charge in [0.25, 0.3) is 0 Å². The molecule has 0 aromatic rings. The highest BCUT2D eigenvalue weighted by atomic mass is 32.2. The minimum Gasteiger partial charge on any atom is -0.119 e. The highest BCUT2D eigenvalue weighted by molar-refractivity contribution is 8.04. The van der Waals surface area contributed by atoms with E-state index in [0.29, 0.717) is 11.2 Å². The summed E-state index contributed by atoms with van der Waals surface area (Å²) in [6, 6.07) is 0. The molecule has 0 radical (unpaired) electrons. The summed E-state index contributed by atoms with van der Waals surface area (Å²) in [5.41, 5.74) is 2.65. The van der Waals surface area contributed by atoms with Crippen LogP contribution in [0.4, 0.5) is 0 Å². The molecule has 0 saturated carbocycles. The zero-order valence-electron chi connectivity index (χ0n) is 11.2. The van der Waals surface area contributed by atoms with Gasteiger partial charge in [0.15, 0.2) is 0 Å². The first-order valence-corrected chi connectivity index (χ1v) is 6.99. The quantitative estimate of drug-likeness (QED) is 0.639. The van der Waals surface area contributed by atoms with E-state index in [4.69, 9.17) is 0 Å². The molecule has 0 nitrogen and oxygen atoms in total. The third-order valence-corrected chi connectivity index (χ3v) is 3.90. The van der Waals surface area contributed by atoms with E-state index in [1.54, 1.807) is 0 Å². The molecule has 1 heterocycles. The van der Waals surface area contributed by atoms with Gasteiger partial charge in [-0.3, -0.25) is 0 Å². The van der Waals surface area contributed by atoms with Gasteiger partial charge in [-0.15, -0.1) is 11.8 Å². The summed E-state index contributed by atoms with van der Waals surface area (Å²) in [7, 11) is 0. The summed E-state index contributed by atoms with van der Waals surface area (Å²) in [4.78, 5) is 1.33. The minimum atomic E-state index is 0.417. The standard InChI is InChI=1S/C16H22S/c1-6-8-16-15(7-2)13(4)10-9-12(3)11-14(5)17-16/h6-11,13-14H,2H2,1,3-5H3/b8-6+,10-9-,12-11-,16-15-. The van der Waals surface area contributed by atoms with E-state index < -0.39 is 0 Å². The van der Waals surface area contributed by atoms with Gasteiger partial charge >= 0.3 is 0 Å². The van der Waals surface area contributed by atoms with Crippen molar-refractivity contribution in [2.24, 2.45) is 5.92 Å². The Labute approximate surface area is 110 Å². The molecular weight excluding hydrogens is 224 g/mol. The van der Waals surface area contributed by atoms with E-state index in [2.05, 4.69) is 64.7 Å². The van der Waals surface area contributed by atoms with Gasteiger partial charge in [-0.2, -0.15) is 0 Å². The second-order valence-electron chi connectivity index (χ2n) is 4.41. The Bertz CT molecular complexity index is 394. The predicted octanol–water partition coefficient (Wildman–Crippen LogP) is 5.28. The summed E-state index contributed by atoms with van der Waals surface area (Å²) < 4.78 is 0. The van der Waals surface area contributed by atoms with Crippen LogP contribution in [0.25, 0.3) is 0 Å². The minimum absolute atomic E-state index is 0.417. The molecule has 2 atom stereocenters. The van der Waals surface area contributed by atoms with Crippen molar-refractivity contribution < 1.29 is 0 Å². The lowest BCUT2D eigenvalue weighted by molar-refractivity contribution is 0.888. The number of hydrogen-bond acceptors (Lipinski definition) is 1. The molecule has 0 bridgehead atoms. The third kappa shape index (κ3) is 4.08. The van der Waals surface area contributed by atoms with Gasteiger partial charge in [0.1, 0.15) is 0 Å². The van der Waals surface area contributed by atoms with Crippen LogP contribution in [0.5, 0.6) is 0 Å². The Hall–Kier alpha value is -0.950. The average molecular weight is 246 g/mol. The van der Waals surface area contributed by atoms with Crippen molar-refractivity contribution in [3.63, 3.8) is 0 Å². The largest absolute Gasteiger partial charge is 0.119 e. The van der Waals surface area contributed by atoms with Crippen LogP contribution in [-0.4, -0.2) is 5.25 Å². The molecule has 0 saturated heterocycles. The maximum absolute atomic E-state index is 3.96. The van der Waals surface area contributed by atoms with Crippen molar-refractivity contribution in [3.8, 4) is 0 Å². The molecule has 17 heavy (non-hydrogen) atoms. The number of allylic oxidation sites excluding steroid dienone is 7. The highest BCUT2D eigenvalue weighted by Gasteiger charge is 2.12. The zero-order chi connectivity index (χ0) is 12.8. The van der Waals surface area contributed by atoms with Gasteiger partial charge < -0.3 is 0 Å². The molecule has 1 aliphatic rings. The second kappa shape index (κ2) is 6.70. The monoisotopic (exact) mass is 246 g/mol. The lowest BCUT2D eigenvalue weighted by atomic mass is 9.99. The fourth-order valence-corrected chi connectivity index (χ4v) is 3.23. The van der Waals surface area contributed by atoms with Crippen LogP contribution in [0.15, 0.2) is 59.1 Å². The maximum atomic E-state index is 3.96. The second-order valence-corrected chi connectivity index (χ2v) is 5.82. The smallest absolute Gasteiger partial charge is 0.0251 e. The molecule has 0 aromatic carbocycles. The molecule has 0 spiro atoms. The molecule has 1 aliphatic heterocycles. The van der Waals surface area contributed by atoms with Crippen LogP contribution in [0.3, 0.4) is 0 Å². The van der Waals surface area contributed by atoms with E-state index in [9.17, 15) is 0 Å². The van der Waals surface area contributed by atoms with Crippen molar-refractivity contribution in [2.45, 2.75) is 32.9 Å². The first-order valence-electron chi connectivity index (χ1n) is 6.11.